The van der Waals surface area contributed by atoms with E-state index < -0.39 is 6.10 Å². The van der Waals surface area contributed by atoms with Crippen LogP contribution < -0.4 is 10.1 Å². The zero-order valence-corrected chi connectivity index (χ0v) is 17.0. The van der Waals surface area contributed by atoms with Gasteiger partial charge in [0.05, 0.1) is 23.8 Å². The van der Waals surface area contributed by atoms with Gasteiger partial charge >= 0.3 is 0 Å². The molecule has 2 heterocycles. The molecule has 2 aromatic rings. The largest absolute Gasteiger partial charge is 0.481 e. The molecule has 7 nitrogen and oxygen atoms in total. The van der Waals surface area contributed by atoms with Gasteiger partial charge in [-0.15, -0.1) is 0 Å². The lowest BCUT2D eigenvalue weighted by atomic mass is 10.1. The van der Waals surface area contributed by atoms with Crippen molar-refractivity contribution in [3.63, 3.8) is 0 Å². The Kier molecular flexibility index (Phi) is 5.55. The zero-order chi connectivity index (χ0) is 21.3. The summed E-state index contributed by atoms with van der Waals surface area (Å²) in [5.41, 5.74) is 2.19. The van der Waals surface area contributed by atoms with Crippen LogP contribution in [0.1, 0.15) is 46.0 Å². The van der Waals surface area contributed by atoms with E-state index in [0.717, 1.165) is 18.4 Å². The van der Waals surface area contributed by atoms with Crippen LogP contribution in [0.15, 0.2) is 42.5 Å². The summed E-state index contributed by atoms with van der Waals surface area (Å²) >= 11 is 0. The van der Waals surface area contributed by atoms with Crippen LogP contribution in [0.4, 0.5) is 5.69 Å². The number of carbonyl (C=O) groups excluding carboxylic acids is 3. The molecule has 0 saturated carbocycles. The van der Waals surface area contributed by atoms with Crippen molar-refractivity contribution in [3.05, 3.63) is 59.2 Å². The third kappa shape index (κ3) is 4.07. The molecule has 2 aromatic carbocycles. The average Bonchev–Trinajstić information content (AvgIpc) is 3.33. The van der Waals surface area contributed by atoms with Crippen LogP contribution >= 0.6 is 0 Å². The summed E-state index contributed by atoms with van der Waals surface area (Å²) in [6, 6.07) is 12.2. The van der Waals surface area contributed by atoms with Crippen LogP contribution in [-0.2, 0) is 9.53 Å². The molecule has 0 aliphatic carbocycles. The second-order valence-electron chi connectivity index (χ2n) is 7.68. The van der Waals surface area contributed by atoms with Crippen molar-refractivity contribution in [2.24, 2.45) is 0 Å². The molecular weight excluding hydrogens is 384 g/mol. The van der Waals surface area contributed by atoms with E-state index in [9.17, 15) is 14.4 Å². The number of amides is 3. The number of ether oxygens (including phenoxy) is 2. The maximum absolute atomic E-state index is 12.7. The van der Waals surface area contributed by atoms with E-state index >= 15 is 0 Å². The first-order chi connectivity index (χ1) is 14.4. The van der Waals surface area contributed by atoms with Crippen LogP contribution in [0.5, 0.6) is 5.75 Å². The van der Waals surface area contributed by atoms with E-state index in [1.165, 1.54) is 4.90 Å². The van der Waals surface area contributed by atoms with Gasteiger partial charge in [0.25, 0.3) is 17.7 Å². The Hall–Kier alpha value is -3.19. The number of fused-ring (bicyclic) bond motifs is 1. The minimum absolute atomic E-state index is 0.105. The lowest BCUT2D eigenvalue weighted by Crippen LogP contribution is -2.36. The van der Waals surface area contributed by atoms with Crippen molar-refractivity contribution >= 4 is 23.4 Å². The summed E-state index contributed by atoms with van der Waals surface area (Å²) in [6.07, 6.45) is 0.945. The molecule has 0 radical (unpaired) electrons. The van der Waals surface area contributed by atoms with Gasteiger partial charge in [-0.1, -0.05) is 17.7 Å². The summed E-state index contributed by atoms with van der Waals surface area (Å²) in [4.78, 5) is 39.1. The molecule has 1 N–H and O–H groups in total. The van der Waals surface area contributed by atoms with Crippen molar-refractivity contribution in [1.29, 1.82) is 0 Å². The summed E-state index contributed by atoms with van der Waals surface area (Å²) in [5, 5.41) is 2.76. The zero-order valence-electron chi connectivity index (χ0n) is 17.0. The highest BCUT2D eigenvalue weighted by molar-refractivity contribution is 6.22. The first-order valence-corrected chi connectivity index (χ1v) is 10.1. The molecule has 1 saturated heterocycles. The van der Waals surface area contributed by atoms with E-state index in [2.05, 4.69) is 5.32 Å². The van der Waals surface area contributed by atoms with Gasteiger partial charge in [-0.05, 0) is 57.0 Å². The van der Waals surface area contributed by atoms with E-state index in [0.29, 0.717) is 29.2 Å². The molecule has 0 aromatic heterocycles. The first kappa shape index (κ1) is 20.1. The number of carbonyl (C=O) groups is 3. The predicted octanol–water partition coefficient (Wildman–Crippen LogP) is 3.18. The first-order valence-electron chi connectivity index (χ1n) is 10.1. The Bertz CT molecular complexity index is 980. The number of rotatable bonds is 6. The summed E-state index contributed by atoms with van der Waals surface area (Å²) in [6.45, 7) is 4.55. The highest BCUT2D eigenvalue weighted by Gasteiger charge is 2.37. The van der Waals surface area contributed by atoms with Gasteiger partial charge in [-0.3, -0.25) is 19.3 Å². The molecular formula is C23H24N2O5. The fraction of sp³-hybridized carbons (Fsp3) is 0.348. The third-order valence-corrected chi connectivity index (χ3v) is 5.35. The Morgan fingerprint density at radius 2 is 1.90 bits per heavy atom. The molecule has 156 valence electrons. The quantitative estimate of drug-likeness (QED) is 0.742. The lowest BCUT2D eigenvalue weighted by Gasteiger charge is -2.17. The van der Waals surface area contributed by atoms with Crippen LogP contribution in [0.3, 0.4) is 0 Å². The predicted molar refractivity (Wildman–Crippen MR) is 111 cm³/mol. The second-order valence-corrected chi connectivity index (χ2v) is 7.68. The number of aryl methyl sites for hydroxylation is 1. The summed E-state index contributed by atoms with van der Waals surface area (Å²) in [7, 11) is 0. The van der Waals surface area contributed by atoms with Crippen LogP contribution in [0.25, 0.3) is 0 Å². The maximum Gasteiger partial charge on any atom is 0.265 e. The molecule has 2 atom stereocenters. The smallest absolute Gasteiger partial charge is 0.265 e. The number of nitrogens with zero attached hydrogens (tertiary/aromatic N) is 1. The second kappa shape index (κ2) is 8.28. The molecule has 4 rings (SSSR count). The van der Waals surface area contributed by atoms with Gasteiger partial charge in [-0.2, -0.15) is 0 Å². The summed E-state index contributed by atoms with van der Waals surface area (Å²) in [5.74, 6) is -0.420. The third-order valence-electron chi connectivity index (χ3n) is 5.35. The van der Waals surface area contributed by atoms with Gasteiger partial charge < -0.3 is 14.8 Å². The van der Waals surface area contributed by atoms with E-state index in [1.807, 2.05) is 19.1 Å². The standard InChI is InChI=1S/C23H24N2O5/c1-14-5-8-17(9-6-14)30-15(2)21(26)24-16-7-10-19-20(12-16)23(28)25(22(19)27)13-18-4-3-11-29-18/h5-10,12,15,18H,3-4,11,13H2,1-2H3,(H,24,26). The minimum atomic E-state index is -0.727. The van der Waals surface area contributed by atoms with Crippen LogP contribution in [0, 0.1) is 6.92 Å². The number of nitrogens with one attached hydrogen (secondary N) is 1. The molecule has 0 bridgehead atoms. The number of hydrogen-bond acceptors (Lipinski definition) is 5. The molecule has 2 aliphatic heterocycles. The summed E-state index contributed by atoms with van der Waals surface area (Å²) < 4.78 is 11.2. The van der Waals surface area contributed by atoms with Crippen molar-refractivity contribution in [3.8, 4) is 5.75 Å². The Morgan fingerprint density at radius 3 is 2.60 bits per heavy atom. The van der Waals surface area contributed by atoms with Gasteiger partial charge in [-0.25, -0.2) is 0 Å². The van der Waals surface area contributed by atoms with Crippen molar-refractivity contribution < 1.29 is 23.9 Å². The molecule has 7 heteroatoms. The minimum Gasteiger partial charge on any atom is -0.481 e. The van der Waals surface area contributed by atoms with E-state index in [1.54, 1.807) is 37.3 Å². The number of hydrogen-bond donors (Lipinski definition) is 1. The number of anilines is 1. The average molecular weight is 408 g/mol. The highest BCUT2D eigenvalue weighted by atomic mass is 16.5. The van der Waals surface area contributed by atoms with Crippen molar-refractivity contribution in [1.82, 2.24) is 4.90 Å². The highest BCUT2D eigenvalue weighted by Crippen LogP contribution is 2.27. The lowest BCUT2D eigenvalue weighted by molar-refractivity contribution is -0.122. The van der Waals surface area contributed by atoms with Crippen molar-refractivity contribution in [2.75, 3.05) is 18.5 Å². The normalized spacial score (nSPS) is 19.0. The van der Waals surface area contributed by atoms with Gasteiger partial charge in [0.2, 0.25) is 0 Å². The monoisotopic (exact) mass is 408 g/mol. The Morgan fingerprint density at radius 1 is 1.17 bits per heavy atom. The van der Waals surface area contributed by atoms with Gasteiger partial charge in [0.1, 0.15) is 5.75 Å². The molecule has 30 heavy (non-hydrogen) atoms. The molecule has 0 spiro atoms. The Balaban J connectivity index is 1.42. The van der Waals surface area contributed by atoms with E-state index in [-0.39, 0.29) is 30.4 Å². The molecule has 2 unspecified atom stereocenters. The topological polar surface area (TPSA) is 84.9 Å². The van der Waals surface area contributed by atoms with Gasteiger partial charge in [0.15, 0.2) is 6.10 Å². The number of imide groups is 1. The van der Waals surface area contributed by atoms with E-state index in [4.69, 9.17) is 9.47 Å². The maximum atomic E-state index is 12.7. The number of benzene rings is 2. The van der Waals surface area contributed by atoms with Gasteiger partial charge in [0, 0.05) is 12.3 Å². The Labute approximate surface area is 175 Å². The van der Waals surface area contributed by atoms with Crippen molar-refractivity contribution in [2.45, 2.75) is 38.9 Å². The van der Waals surface area contributed by atoms with Crippen LogP contribution in [0.2, 0.25) is 0 Å². The van der Waals surface area contributed by atoms with Crippen LogP contribution in [-0.4, -0.2) is 48.0 Å². The molecule has 3 amide bonds. The molecule has 1 fully saturated rings. The fourth-order valence-electron chi connectivity index (χ4n) is 3.64. The SMILES string of the molecule is Cc1ccc(OC(C)C(=O)Nc2ccc3c(c2)C(=O)N(CC2CCCO2)C3=O)cc1. The molecule has 2 aliphatic rings. The fourth-order valence-corrected chi connectivity index (χ4v) is 3.64.